The molecular formula is C7H14O3. The fraction of sp³-hybridized carbons (Fsp3) is 0.714. The molecule has 0 saturated carbocycles. The van der Waals surface area contributed by atoms with Gasteiger partial charge in [-0.15, -0.1) is 0 Å². The third kappa shape index (κ3) is 2.85. The molecule has 60 valence electrons. The number of ether oxygens (including phenoxy) is 1. The zero-order valence-corrected chi connectivity index (χ0v) is 6.37. The molecule has 3 heteroatoms. The third-order valence-corrected chi connectivity index (χ3v) is 1.14. The first-order valence-corrected chi connectivity index (χ1v) is 3.29. The first kappa shape index (κ1) is 9.46. The van der Waals surface area contributed by atoms with E-state index in [4.69, 9.17) is 14.9 Å². The number of aliphatic hydroxyl groups is 2. The molecule has 0 aromatic rings. The largest absolute Gasteiger partial charge is 0.499 e. The smallest absolute Gasteiger partial charge is 0.134 e. The van der Waals surface area contributed by atoms with Crippen molar-refractivity contribution in [2.24, 2.45) is 0 Å². The van der Waals surface area contributed by atoms with Crippen molar-refractivity contribution >= 4 is 0 Å². The highest BCUT2D eigenvalue weighted by molar-refractivity contribution is 4.98. The lowest BCUT2D eigenvalue weighted by molar-refractivity contribution is 0.0731. The first-order valence-electron chi connectivity index (χ1n) is 3.29. The Morgan fingerprint density at radius 1 is 1.70 bits per heavy atom. The van der Waals surface area contributed by atoms with Crippen molar-refractivity contribution in [3.05, 3.63) is 11.8 Å². The molecule has 0 aliphatic rings. The quantitative estimate of drug-likeness (QED) is 0.560. The highest BCUT2D eigenvalue weighted by Gasteiger charge is 2.07. The van der Waals surface area contributed by atoms with Gasteiger partial charge in [0.25, 0.3) is 0 Å². The maximum Gasteiger partial charge on any atom is 0.134 e. The van der Waals surface area contributed by atoms with Crippen LogP contribution in [0.2, 0.25) is 0 Å². The van der Waals surface area contributed by atoms with Gasteiger partial charge in [-0.25, -0.2) is 0 Å². The molecule has 0 bridgehead atoms. The highest BCUT2D eigenvalue weighted by atomic mass is 16.5. The van der Waals surface area contributed by atoms with E-state index in [-0.39, 0.29) is 6.61 Å². The molecule has 1 atom stereocenters. The molecule has 0 aliphatic carbocycles. The van der Waals surface area contributed by atoms with E-state index in [9.17, 15) is 0 Å². The van der Waals surface area contributed by atoms with Crippen molar-refractivity contribution in [3.8, 4) is 0 Å². The van der Waals surface area contributed by atoms with Crippen molar-refractivity contribution in [2.75, 3.05) is 13.7 Å². The summed E-state index contributed by atoms with van der Waals surface area (Å²) in [6.07, 6.45) is 1.66. The minimum Gasteiger partial charge on any atom is -0.499 e. The molecule has 0 spiro atoms. The summed E-state index contributed by atoms with van der Waals surface area (Å²) < 4.78 is 4.79. The molecule has 1 unspecified atom stereocenters. The van der Waals surface area contributed by atoms with Crippen LogP contribution in [0.4, 0.5) is 0 Å². The fourth-order valence-electron chi connectivity index (χ4n) is 0.647. The zero-order valence-electron chi connectivity index (χ0n) is 6.37. The predicted octanol–water partition coefficient (Wildman–Crippen LogP) is 0.280. The monoisotopic (exact) mass is 146 g/mol. The average Bonchev–Trinajstić information content (AvgIpc) is 1.99. The standard InChI is InChI=1S/C7H14O3/c1-3-4-7(10-2)6(9)5-8/h4,6,8-9H,3,5H2,1-2H3. The van der Waals surface area contributed by atoms with Crippen LogP contribution < -0.4 is 0 Å². The molecule has 0 rings (SSSR count). The molecule has 0 heterocycles. The van der Waals surface area contributed by atoms with E-state index in [1.54, 1.807) is 6.08 Å². The molecule has 10 heavy (non-hydrogen) atoms. The molecule has 2 N–H and O–H groups in total. The summed E-state index contributed by atoms with van der Waals surface area (Å²) in [5.41, 5.74) is 0. The lowest BCUT2D eigenvalue weighted by Gasteiger charge is -2.09. The van der Waals surface area contributed by atoms with Crippen LogP contribution in [-0.2, 0) is 4.74 Å². The van der Waals surface area contributed by atoms with Gasteiger partial charge in [-0.05, 0) is 12.5 Å². The molecule has 0 aliphatic heterocycles. The number of aliphatic hydroxyl groups excluding tert-OH is 2. The van der Waals surface area contributed by atoms with E-state index in [0.717, 1.165) is 6.42 Å². The van der Waals surface area contributed by atoms with Crippen LogP contribution in [0.5, 0.6) is 0 Å². The molecular weight excluding hydrogens is 132 g/mol. The Balaban J connectivity index is 3.92. The summed E-state index contributed by atoms with van der Waals surface area (Å²) in [5, 5.41) is 17.5. The Hall–Kier alpha value is -0.540. The Bertz CT molecular complexity index is 109. The van der Waals surface area contributed by atoms with Gasteiger partial charge >= 0.3 is 0 Å². The van der Waals surface area contributed by atoms with Crippen molar-refractivity contribution in [2.45, 2.75) is 19.4 Å². The van der Waals surface area contributed by atoms with Gasteiger partial charge in [0.2, 0.25) is 0 Å². The lowest BCUT2D eigenvalue weighted by Crippen LogP contribution is -2.16. The summed E-state index contributed by atoms with van der Waals surface area (Å²) in [5.74, 6) is 0.435. The lowest BCUT2D eigenvalue weighted by atomic mass is 10.2. The third-order valence-electron chi connectivity index (χ3n) is 1.14. The maximum absolute atomic E-state index is 9.01. The van der Waals surface area contributed by atoms with E-state index in [1.807, 2.05) is 6.92 Å². The molecule has 0 radical (unpaired) electrons. The van der Waals surface area contributed by atoms with Gasteiger partial charge in [0.15, 0.2) is 0 Å². The average molecular weight is 146 g/mol. The van der Waals surface area contributed by atoms with Crippen molar-refractivity contribution in [3.63, 3.8) is 0 Å². The molecule has 0 fully saturated rings. The SMILES string of the molecule is CCC=C(OC)C(O)CO. The molecule has 0 saturated heterocycles. The second-order valence-electron chi connectivity index (χ2n) is 1.92. The van der Waals surface area contributed by atoms with Gasteiger partial charge in [0, 0.05) is 0 Å². The minimum atomic E-state index is -0.870. The van der Waals surface area contributed by atoms with Gasteiger partial charge in [0.1, 0.15) is 11.9 Å². The number of methoxy groups -OCH3 is 1. The Kier molecular flexibility index (Phi) is 4.98. The molecule has 3 nitrogen and oxygen atoms in total. The van der Waals surface area contributed by atoms with Crippen LogP contribution >= 0.6 is 0 Å². The van der Waals surface area contributed by atoms with Crippen molar-refractivity contribution < 1.29 is 14.9 Å². The number of rotatable bonds is 4. The van der Waals surface area contributed by atoms with Crippen molar-refractivity contribution in [1.82, 2.24) is 0 Å². The van der Waals surface area contributed by atoms with Gasteiger partial charge in [-0.3, -0.25) is 0 Å². The van der Waals surface area contributed by atoms with Gasteiger partial charge in [-0.2, -0.15) is 0 Å². The summed E-state index contributed by atoms with van der Waals surface area (Å²) >= 11 is 0. The highest BCUT2D eigenvalue weighted by Crippen LogP contribution is 2.03. The summed E-state index contributed by atoms with van der Waals surface area (Å²) in [4.78, 5) is 0. The van der Waals surface area contributed by atoms with E-state index >= 15 is 0 Å². The van der Waals surface area contributed by atoms with E-state index in [1.165, 1.54) is 7.11 Å². The minimum absolute atomic E-state index is 0.292. The van der Waals surface area contributed by atoms with Crippen LogP contribution in [0.25, 0.3) is 0 Å². The predicted molar refractivity (Wildman–Crippen MR) is 38.5 cm³/mol. The zero-order chi connectivity index (χ0) is 7.98. The van der Waals surface area contributed by atoms with E-state index in [2.05, 4.69) is 0 Å². The second-order valence-corrected chi connectivity index (χ2v) is 1.92. The number of hydrogen-bond acceptors (Lipinski definition) is 3. The van der Waals surface area contributed by atoms with Crippen LogP contribution in [0, 0.1) is 0 Å². The van der Waals surface area contributed by atoms with E-state index in [0.29, 0.717) is 5.76 Å². The Morgan fingerprint density at radius 3 is 2.60 bits per heavy atom. The van der Waals surface area contributed by atoms with Crippen LogP contribution in [0.3, 0.4) is 0 Å². The number of hydrogen-bond donors (Lipinski definition) is 2. The van der Waals surface area contributed by atoms with Crippen LogP contribution in [-0.4, -0.2) is 30.0 Å². The maximum atomic E-state index is 9.01. The second kappa shape index (κ2) is 5.26. The van der Waals surface area contributed by atoms with Gasteiger partial charge < -0.3 is 14.9 Å². The van der Waals surface area contributed by atoms with Crippen LogP contribution in [0.1, 0.15) is 13.3 Å². The molecule has 0 aromatic carbocycles. The number of allylic oxidation sites excluding steroid dienone is 1. The van der Waals surface area contributed by atoms with Crippen LogP contribution in [0.15, 0.2) is 11.8 Å². The fourth-order valence-corrected chi connectivity index (χ4v) is 0.647. The van der Waals surface area contributed by atoms with Crippen molar-refractivity contribution in [1.29, 1.82) is 0 Å². The van der Waals surface area contributed by atoms with Gasteiger partial charge in [-0.1, -0.05) is 6.92 Å². The summed E-state index contributed by atoms with van der Waals surface area (Å²) in [6, 6.07) is 0. The Labute approximate surface area is 60.9 Å². The summed E-state index contributed by atoms with van der Waals surface area (Å²) in [6.45, 7) is 1.64. The Morgan fingerprint density at radius 2 is 2.30 bits per heavy atom. The normalized spacial score (nSPS) is 15.0. The van der Waals surface area contributed by atoms with E-state index < -0.39 is 6.10 Å². The molecule has 0 aromatic heterocycles. The topological polar surface area (TPSA) is 49.7 Å². The summed E-state index contributed by atoms with van der Waals surface area (Å²) in [7, 11) is 1.47. The molecule has 0 amide bonds. The first-order chi connectivity index (χ1) is 4.76. The van der Waals surface area contributed by atoms with Gasteiger partial charge in [0.05, 0.1) is 13.7 Å².